The molecular weight excluding hydrogens is 316 g/mol. The molecule has 128 valence electrons. The van der Waals surface area contributed by atoms with E-state index in [1.807, 2.05) is 7.05 Å². The molecule has 1 aromatic rings. The first-order valence-corrected chi connectivity index (χ1v) is 9.00. The first-order valence-electron chi connectivity index (χ1n) is 7.56. The first kappa shape index (κ1) is 17.8. The Kier molecular flexibility index (Phi) is 5.07. The van der Waals surface area contributed by atoms with E-state index in [1.54, 1.807) is 26.8 Å². The van der Waals surface area contributed by atoms with Crippen LogP contribution in [0, 0.1) is 5.21 Å². The predicted octanol–water partition coefficient (Wildman–Crippen LogP) is 0.745. The van der Waals surface area contributed by atoms with Crippen molar-refractivity contribution in [2.75, 3.05) is 33.2 Å². The van der Waals surface area contributed by atoms with Gasteiger partial charge in [0.1, 0.15) is 4.90 Å². The summed E-state index contributed by atoms with van der Waals surface area (Å²) >= 11 is 0. The topological polar surface area (TPSA) is 79.6 Å². The van der Waals surface area contributed by atoms with Gasteiger partial charge in [-0.15, -0.1) is 0 Å². The quantitative estimate of drug-likeness (QED) is 0.351. The minimum Gasteiger partial charge on any atom is -0.623 e. The number of hydroxylamine groups is 1. The SMILES string of the molecule is CN1CCN(S(=O)(=O)c2cnccc2/C=[N+](\[O-])C(C)(C)C)CC1. The number of rotatable bonds is 3. The van der Waals surface area contributed by atoms with Crippen molar-refractivity contribution >= 4 is 16.2 Å². The maximum absolute atomic E-state index is 12.9. The molecule has 1 saturated heterocycles. The van der Waals surface area contributed by atoms with E-state index in [-0.39, 0.29) is 4.90 Å². The van der Waals surface area contributed by atoms with E-state index in [9.17, 15) is 13.6 Å². The largest absolute Gasteiger partial charge is 0.623 e. The maximum Gasteiger partial charge on any atom is 0.245 e. The Morgan fingerprint density at radius 3 is 2.43 bits per heavy atom. The first-order chi connectivity index (χ1) is 10.6. The van der Waals surface area contributed by atoms with Gasteiger partial charge in [-0.05, 0) is 13.1 Å². The lowest BCUT2D eigenvalue weighted by molar-refractivity contribution is -0.530. The van der Waals surface area contributed by atoms with Crippen molar-refractivity contribution < 1.29 is 13.2 Å². The van der Waals surface area contributed by atoms with E-state index in [0.717, 1.165) is 4.74 Å². The van der Waals surface area contributed by atoms with Gasteiger partial charge in [0.15, 0.2) is 11.8 Å². The van der Waals surface area contributed by atoms with Crippen LogP contribution in [0.4, 0.5) is 0 Å². The number of hydrogen-bond acceptors (Lipinski definition) is 5. The van der Waals surface area contributed by atoms with E-state index >= 15 is 0 Å². The number of nitrogens with zero attached hydrogens (tertiary/aromatic N) is 4. The second-order valence-electron chi connectivity index (χ2n) is 6.75. The molecule has 0 radical (unpaired) electrons. The van der Waals surface area contributed by atoms with Crippen LogP contribution < -0.4 is 0 Å². The van der Waals surface area contributed by atoms with Crippen LogP contribution in [-0.2, 0) is 10.0 Å². The summed E-state index contributed by atoms with van der Waals surface area (Å²) in [5.41, 5.74) is -0.276. The molecule has 1 aliphatic heterocycles. The summed E-state index contributed by atoms with van der Waals surface area (Å²) in [4.78, 5) is 6.10. The normalized spacial score (nSPS) is 19.0. The summed E-state index contributed by atoms with van der Waals surface area (Å²) in [7, 11) is -1.70. The summed E-state index contributed by atoms with van der Waals surface area (Å²) in [6.07, 6.45) is 4.13. The smallest absolute Gasteiger partial charge is 0.245 e. The van der Waals surface area contributed by atoms with E-state index in [4.69, 9.17) is 0 Å². The molecule has 1 aliphatic rings. The van der Waals surface area contributed by atoms with Gasteiger partial charge >= 0.3 is 0 Å². The third-order valence-corrected chi connectivity index (χ3v) is 5.76. The molecule has 2 rings (SSSR count). The van der Waals surface area contributed by atoms with Crippen molar-refractivity contribution in [2.24, 2.45) is 0 Å². The average molecular weight is 340 g/mol. The number of sulfonamides is 1. The molecule has 0 aliphatic carbocycles. The minimum atomic E-state index is -3.66. The van der Waals surface area contributed by atoms with Crippen molar-refractivity contribution in [3.05, 3.63) is 29.2 Å². The van der Waals surface area contributed by atoms with Crippen molar-refractivity contribution in [2.45, 2.75) is 31.2 Å². The molecule has 2 heterocycles. The Balaban J connectivity index is 2.40. The zero-order chi connectivity index (χ0) is 17.3. The van der Waals surface area contributed by atoms with E-state index in [2.05, 4.69) is 9.88 Å². The van der Waals surface area contributed by atoms with Crippen LogP contribution in [-0.4, -0.2) is 72.3 Å². The Labute approximate surface area is 137 Å². The van der Waals surface area contributed by atoms with Gasteiger partial charge in [-0.2, -0.15) is 4.31 Å². The second-order valence-corrected chi connectivity index (χ2v) is 8.65. The summed E-state index contributed by atoms with van der Waals surface area (Å²) in [5, 5.41) is 12.2. The summed E-state index contributed by atoms with van der Waals surface area (Å²) in [5.74, 6) is 0. The second kappa shape index (κ2) is 6.54. The van der Waals surface area contributed by atoms with Crippen LogP contribution in [0.1, 0.15) is 26.3 Å². The number of pyridine rings is 1. The Morgan fingerprint density at radius 2 is 1.87 bits per heavy atom. The number of aromatic nitrogens is 1. The van der Waals surface area contributed by atoms with Gasteiger partial charge in [-0.3, -0.25) is 4.98 Å². The molecule has 8 heteroatoms. The predicted molar refractivity (Wildman–Crippen MR) is 89.0 cm³/mol. The van der Waals surface area contributed by atoms with Crippen LogP contribution in [0.15, 0.2) is 23.4 Å². The molecule has 0 amide bonds. The molecule has 0 saturated carbocycles. The molecule has 0 bridgehead atoms. The molecule has 23 heavy (non-hydrogen) atoms. The monoisotopic (exact) mass is 340 g/mol. The van der Waals surface area contributed by atoms with Crippen molar-refractivity contribution in [1.29, 1.82) is 0 Å². The van der Waals surface area contributed by atoms with Gasteiger partial charge in [-0.1, -0.05) is 0 Å². The molecule has 0 N–H and O–H groups in total. The zero-order valence-electron chi connectivity index (χ0n) is 14.1. The Hall–Kier alpha value is -1.51. The van der Waals surface area contributed by atoms with E-state index in [0.29, 0.717) is 31.7 Å². The highest BCUT2D eigenvalue weighted by molar-refractivity contribution is 7.89. The highest BCUT2D eigenvalue weighted by Crippen LogP contribution is 2.20. The molecule has 1 aromatic heterocycles. The molecule has 7 nitrogen and oxygen atoms in total. The average Bonchev–Trinajstić information content (AvgIpc) is 2.47. The summed E-state index contributed by atoms with van der Waals surface area (Å²) in [6, 6.07) is 1.56. The van der Waals surface area contributed by atoms with Crippen LogP contribution in [0.5, 0.6) is 0 Å². The third-order valence-electron chi connectivity index (χ3n) is 3.81. The molecule has 0 atom stereocenters. The lowest BCUT2D eigenvalue weighted by Gasteiger charge is -2.31. The van der Waals surface area contributed by atoms with Gasteiger partial charge < -0.3 is 10.1 Å². The Bertz CT molecular complexity index is 687. The fourth-order valence-corrected chi connectivity index (χ4v) is 3.74. The van der Waals surface area contributed by atoms with Gasteiger partial charge in [0.25, 0.3) is 0 Å². The summed E-state index contributed by atoms with van der Waals surface area (Å²) < 4.78 is 28.0. The van der Waals surface area contributed by atoms with Gasteiger partial charge in [0.05, 0.1) is 5.56 Å². The van der Waals surface area contributed by atoms with Crippen molar-refractivity contribution in [1.82, 2.24) is 14.2 Å². The van der Waals surface area contributed by atoms with Crippen LogP contribution >= 0.6 is 0 Å². The summed E-state index contributed by atoms with van der Waals surface area (Å²) in [6.45, 7) is 7.56. The van der Waals surface area contributed by atoms with Gasteiger partial charge in [-0.25, -0.2) is 13.2 Å². The fraction of sp³-hybridized carbons (Fsp3) is 0.600. The number of hydrogen-bond donors (Lipinski definition) is 0. The maximum atomic E-state index is 12.9. The highest BCUT2D eigenvalue weighted by Gasteiger charge is 2.30. The van der Waals surface area contributed by atoms with Crippen LogP contribution in [0.3, 0.4) is 0 Å². The lowest BCUT2D eigenvalue weighted by atomic mass is 10.1. The van der Waals surface area contributed by atoms with E-state index < -0.39 is 15.6 Å². The Morgan fingerprint density at radius 1 is 1.26 bits per heavy atom. The van der Waals surface area contributed by atoms with Crippen molar-refractivity contribution in [3.8, 4) is 0 Å². The highest BCUT2D eigenvalue weighted by atomic mass is 32.2. The zero-order valence-corrected chi connectivity index (χ0v) is 14.9. The van der Waals surface area contributed by atoms with Crippen LogP contribution in [0.25, 0.3) is 0 Å². The van der Waals surface area contributed by atoms with Crippen LogP contribution in [0.2, 0.25) is 0 Å². The van der Waals surface area contributed by atoms with Crippen molar-refractivity contribution in [3.63, 3.8) is 0 Å². The number of likely N-dealkylation sites (N-methyl/N-ethyl adjacent to an activating group) is 1. The van der Waals surface area contributed by atoms with Gasteiger partial charge in [0, 0.05) is 59.3 Å². The number of piperazine rings is 1. The molecule has 0 aromatic carbocycles. The molecule has 0 spiro atoms. The fourth-order valence-electron chi connectivity index (χ4n) is 2.20. The molecule has 1 fully saturated rings. The molecule has 0 unspecified atom stereocenters. The van der Waals surface area contributed by atoms with Gasteiger partial charge in [0.2, 0.25) is 10.0 Å². The standard InChI is InChI=1S/C15H24N4O3S/c1-15(2,3)19(20)12-13-5-6-16-11-14(13)23(21,22)18-9-7-17(4)8-10-18/h5-6,11-12H,7-10H2,1-4H3/b19-12-. The lowest BCUT2D eigenvalue weighted by Crippen LogP contribution is -2.47. The third kappa shape index (κ3) is 4.07. The van der Waals surface area contributed by atoms with E-state index in [1.165, 1.54) is 22.9 Å². The minimum absolute atomic E-state index is 0.0784. The molecular formula is C15H24N4O3S.